The van der Waals surface area contributed by atoms with Crippen LogP contribution in [0.2, 0.25) is 0 Å². The summed E-state index contributed by atoms with van der Waals surface area (Å²) in [6.07, 6.45) is 0. The average molecular weight is 641 g/mol. The Morgan fingerprint density at radius 1 is 0.367 bits per heavy atom. The van der Waals surface area contributed by atoms with Crippen molar-refractivity contribution in [2.24, 2.45) is 0 Å². The molecule has 0 aliphatic heterocycles. The van der Waals surface area contributed by atoms with Crippen LogP contribution in [0.4, 0.5) is 0 Å². The third-order valence-electron chi connectivity index (χ3n) is 10.3. The molecule has 3 heterocycles. The average Bonchev–Trinajstić information content (AvgIpc) is 3.82. The number of fused-ring (bicyclic) bond motifs is 11. The van der Waals surface area contributed by atoms with Gasteiger partial charge in [-0.25, -0.2) is 0 Å². The van der Waals surface area contributed by atoms with E-state index in [0.29, 0.717) is 0 Å². The quantitative estimate of drug-likeness (QED) is 0.182. The molecule has 0 fully saturated rings. The van der Waals surface area contributed by atoms with Crippen molar-refractivity contribution < 1.29 is 0 Å². The summed E-state index contributed by atoms with van der Waals surface area (Å²) in [6.45, 7) is 0. The Kier molecular flexibility index (Phi) is 5.57. The van der Waals surface area contributed by atoms with Gasteiger partial charge in [-0.05, 0) is 71.1 Å². The van der Waals surface area contributed by atoms with Gasteiger partial charge in [-0.3, -0.25) is 0 Å². The van der Waals surface area contributed by atoms with Gasteiger partial charge in [0.2, 0.25) is 0 Å². The summed E-state index contributed by atoms with van der Waals surface area (Å²) in [6, 6.07) is 62.4. The lowest BCUT2D eigenvalue weighted by molar-refractivity contribution is 1.19. The van der Waals surface area contributed by atoms with Gasteiger partial charge in [-0.15, -0.1) is 11.3 Å². The van der Waals surface area contributed by atoms with Crippen molar-refractivity contribution in [3.63, 3.8) is 0 Å². The first-order valence-corrected chi connectivity index (χ1v) is 17.6. The Hall–Kier alpha value is -6.16. The number of para-hydroxylation sites is 2. The molecule has 3 heteroatoms. The minimum Gasteiger partial charge on any atom is -0.309 e. The number of rotatable bonds is 3. The molecule has 0 atom stereocenters. The Balaban J connectivity index is 1.17. The number of hydrogen-bond acceptors (Lipinski definition) is 1. The minimum absolute atomic E-state index is 1.18. The maximum atomic E-state index is 2.47. The molecule has 0 radical (unpaired) electrons. The van der Waals surface area contributed by atoms with E-state index in [4.69, 9.17) is 0 Å². The highest BCUT2D eigenvalue weighted by Crippen LogP contribution is 2.44. The van der Waals surface area contributed by atoms with E-state index >= 15 is 0 Å². The molecule has 49 heavy (non-hydrogen) atoms. The molecule has 0 amide bonds. The standard InChI is InChI=1S/C46H28N2S/c1-2-13-32(14-3-1)47-42-25-21-31(28-39(42)36-23-24-37-35-17-7-9-20-44(35)49-46(37)45(36)47)30-22-26-43-38(27-30)34-16-6-8-18-41(34)48(43)40-19-10-12-29-11-4-5-15-33(29)40/h1-28H. The van der Waals surface area contributed by atoms with Crippen LogP contribution in [-0.4, -0.2) is 9.13 Å². The van der Waals surface area contributed by atoms with Crippen molar-refractivity contribution in [1.82, 2.24) is 9.13 Å². The maximum absolute atomic E-state index is 2.47. The fourth-order valence-corrected chi connectivity index (χ4v) is 9.36. The van der Waals surface area contributed by atoms with Gasteiger partial charge in [0, 0.05) is 48.1 Å². The maximum Gasteiger partial charge on any atom is 0.0719 e. The topological polar surface area (TPSA) is 9.86 Å². The van der Waals surface area contributed by atoms with Crippen LogP contribution < -0.4 is 0 Å². The van der Waals surface area contributed by atoms with Crippen molar-refractivity contribution >= 4 is 85.9 Å². The number of benzene rings is 8. The van der Waals surface area contributed by atoms with Gasteiger partial charge in [0.05, 0.1) is 32.5 Å². The van der Waals surface area contributed by atoms with E-state index in [9.17, 15) is 0 Å². The van der Waals surface area contributed by atoms with Crippen molar-refractivity contribution in [2.45, 2.75) is 0 Å². The van der Waals surface area contributed by atoms with Gasteiger partial charge in [0.15, 0.2) is 0 Å². The highest BCUT2D eigenvalue weighted by atomic mass is 32.1. The third kappa shape index (κ3) is 3.82. The Bertz CT molecular complexity index is 3100. The van der Waals surface area contributed by atoms with E-state index in [0.717, 1.165) is 0 Å². The van der Waals surface area contributed by atoms with Crippen LogP contribution in [0.1, 0.15) is 0 Å². The number of hydrogen-bond donors (Lipinski definition) is 0. The minimum atomic E-state index is 1.18. The van der Waals surface area contributed by atoms with E-state index < -0.39 is 0 Å². The summed E-state index contributed by atoms with van der Waals surface area (Å²) in [5.41, 5.74) is 9.78. The Morgan fingerprint density at radius 3 is 1.82 bits per heavy atom. The van der Waals surface area contributed by atoms with Gasteiger partial charge < -0.3 is 9.13 Å². The van der Waals surface area contributed by atoms with Crippen molar-refractivity contribution in [3.05, 3.63) is 170 Å². The van der Waals surface area contributed by atoms with Crippen LogP contribution in [-0.2, 0) is 0 Å². The lowest BCUT2D eigenvalue weighted by Crippen LogP contribution is -1.95. The zero-order chi connectivity index (χ0) is 32.1. The van der Waals surface area contributed by atoms with Crippen LogP contribution in [0.25, 0.3) is 97.1 Å². The molecule has 0 aliphatic rings. The third-order valence-corrected chi connectivity index (χ3v) is 11.5. The van der Waals surface area contributed by atoms with Gasteiger partial charge in [-0.2, -0.15) is 0 Å². The summed E-state index contributed by atoms with van der Waals surface area (Å²) in [7, 11) is 0. The largest absolute Gasteiger partial charge is 0.309 e. The lowest BCUT2D eigenvalue weighted by atomic mass is 10.0. The van der Waals surface area contributed by atoms with Crippen LogP contribution in [0.3, 0.4) is 0 Å². The first-order chi connectivity index (χ1) is 24.3. The van der Waals surface area contributed by atoms with Crippen LogP contribution in [0, 0.1) is 0 Å². The van der Waals surface area contributed by atoms with E-state index in [1.807, 2.05) is 11.3 Å². The molecule has 0 saturated carbocycles. The lowest BCUT2D eigenvalue weighted by Gasteiger charge is -2.12. The van der Waals surface area contributed by atoms with Gasteiger partial charge in [0.25, 0.3) is 0 Å². The molecule has 11 aromatic rings. The number of nitrogens with zero attached hydrogens (tertiary/aromatic N) is 2. The van der Waals surface area contributed by atoms with E-state index in [1.54, 1.807) is 0 Å². The van der Waals surface area contributed by atoms with Crippen molar-refractivity contribution in [1.29, 1.82) is 0 Å². The van der Waals surface area contributed by atoms with E-state index in [1.165, 1.54) is 97.1 Å². The molecule has 0 spiro atoms. The smallest absolute Gasteiger partial charge is 0.0719 e. The predicted molar refractivity (Wildman–Crippen MR) is 211 cm³/mol. The molecule has 0 aliphatic carbocycles. The molecule has 0 unspecified atom stereocenters. The van der Waals surface area contributed by atoms with E-state index in [-0.39, 0.29) is 0 Å². The SMILES string of the molecule is c1ccc(-n2c3ccc(-c4ccc5c(c4)c4ccccc4n5-c4cccc5ccccc45)cc3c3ccc4c5ccccc5sc4c32)cc1. The molecule has 0 N–H and O–H groups in total. The fraction of sp³-hybridized carbons (Fsp3) is 0. The van der Waals surface area contributed by atoms with Gasteiger partial charge in [0.1, 0.15) is 0 Å². The summed E-state index contributed by atoms with van der Waals surface area (Å²) >= 11 is 1.90. The Labute approximate surface area is 286 Å². The zero-order valence-corrected chi connectivity index (χ0v) is 27.3. The second kappa shape index (κ2) is 10.2. The highest BCUT2D eigenvalue weighted by Gasteiger charge is 2.19. The number of thiophene rings is 1. The summed E-state index contributed by atoms with van der Waals surface area (Å²) in [5.74, 6) is 0. The molecule has 228 valence electrons. The predicted octanol–water partition coefficient (Wildman–Crippen LogP) is 13.1. The molecule has 2 nitrogen and oxygen atoms in total. The molecule has 8 aromatic carbocycles. The molecule has 0 saturated heterocycles. The molecule has 3 aromatic heterocycles. The number of aromatic nitrogens is 2. The van der Waals surface area contributed by atoms with Crippen LogP contribution in [0.5, 0.6) is 0 Å². The zero-order valence-electron chi connectivity index (χ0n) is 26.5. The summed E-state index contributed by atoms with van der Waals surface area (Å²) < 4.78 is 7.56. The second-order valence-corrected chi connectivity index (χ2v) is 14.0. The second-order valence-electron chi connectivity index (χ2n) is 12.9. The summed E-state index contributed by atoms with van der Waals surface area (Å²) in [5, 5.41) is 10.2. The van der Waals surface area contributed by atoms with E-state index in [2.05, 4.69) is 179 Å². The van der Waals surface area contributed by atoms with Crippen molar-refractivity contribution in [3.8, 4) is 22.5 Å². The van der Waals surface area contributed by atoms with Crippen LogP contribution >= 0.6 is 11.3 Å². The Morgan fingerprint density at radius 2 is 0.980 bits per heavy atom. The fourth-order valence-electron chi connectivity index (χ4n) is 8.12. The molecule has 0 bridgehead atoms. The molecular formula is C46H28N2S. The first kappa shape index (κ1) is 26.9. The first-order valence-electron chi connectivity index (χ1n) is 16.8. The van der Waals surface area contributed by atoms with Crippen LogP contribution in [0.15, 0.2) is 170 Å². The summed E-state index contributed by atoms with van der Waals surface area (Å²) in [4.78, 5) is 0. The highest BCUT2D eigenvalue weighted by molar-refractivity contribution is 7.26. The normalized spacial score (nSPS) is 12.1. The van der Waals surface area contributed by atoms with Gasteiger partial charge in [-0.1, -0.05) is 115 Å². The molecule has 11 rings (SSSR count). The monoisotopic (exact) mass is 640 g/mol. The molecular weight excluding hydrogens is 613 g/mol. The van der Waals surface area contributed by atoms with Gasteiger partial charge >= 0.3 is 0 Å². The van der Waals surface area contributed by atoms with Crippen molar-refractivity contribution in [2.75, 3.05) is 0 Å².